The van der Waals surface area contributed by atoms with Crippen LogP contribution >= 0.6 is 0 Å². The van der Waals surface area contributed by atoms with Crippen LogP contribution in [0.5, 0.6) is 0 Å². The summed E-state index contributed by atoms with van der Waals surface area (Å²) < 4.78 is 26.9. The molecule has 1 aromatic rings. The Morgan fingerprint density at radius 1 is 1.35 bits per heavy atom. The van der Waals surface area contributed by atoms with Crippen molar-refractivity contribution in [2.45, 2.75) is 19.9 Å². The molecule has 1 heterocycles. The van der Waals surface area contributed by atoms with Crippen LogP contribution < -0.4 is 5.73 Å². The van der Waals surface area contributed by atoms with E-state index < -0.39 is 17.5 Å². The second kappa shape index (κ2) is 5.75. The minimum atomic E-state index is -0.868. The monoisotopic (exact) mass is 283 g/mol. The number of carbonyl (C=O) groups excluding carboxylic acids is 1. The van der Waals surface area contributed by atoms with Gasteiger partial charge in [0.15, 0.2) is 0 Å². The van der Waals surface area contributed by atoms with E-state index in [2.05, 4.69) is 11.8 Å². The molecule has 1 aliphatic rings. The molecule has 0 aliphatic carbocycles. The summed E-state index contributed by atoms with van der Waals surface area (Å²) >= 11 is 0. The van der Waals surface area contributed by atoms with Gasteiger partial charge in [-0.25, -0.2) is 8.78 Å². The van der Waals surface area contributed by atoms with Crippen molar-refractivity contribution in [2.24, 2.45) is 0 Å². The van der Waals surface area contributed by atoms with E-state index in [1.165, 1.54) is 0 Å². The van der Waals surface area contributed by atoms with Gasteiger partial charge in [0.1, 0.15) is 11.6 Å². The van der Waals surface area contributed by atoms with Gasteiger partial charge in [-0.05, 0) is 19.5 Å². The third kappa shape index (κ3) is 2.75. The van der Waals surface area contributed by atoms with Gasteiger partial charge in [0, 0.05) is 31.7 Å². The van der Waals surface area contributed by atoms with Crippen LogP contribution in [0.1, 0.15) is 24.2 Å². The summed E-state index contributed by atoms with van der Waals surface area (Å²) in [5, 5.41) is 0. The number of likely N-dealkylation sites (N-methyl/N-ethyl adjacent to an activating group) is 1. The van der Waals surface area contributed by atoms with E-state index in [0.29, 0.717) is 19.2 Å². The number of hydrogen-bond acceptors (Lipinski definition) is 3. The summed E-state index contributed by atoms with van der Waals surface area (Å²) in [7, 11) is 0. The molecular weight excluding hydrogens is 264 g/mol. The average Bonchev–Trinajstić information content (AvgIpc) is 2.42. The third-order valence-corrected chi connectivity index (χ3v) is 3.78. The predicted molar refractivity (Wildman–Crippen MR) is 73.4 cm³/mol. The highest BCUT2D eigenvalue weighted by atomic mass is 19.1. The molecular formula is C14H19F2N3O. The molecule has 1 saturated heterocycles. The first kappa shape index (κ1) is 14.7. The Bertz CT molecular complexity index is 521. The Kier molecular flexibility index (Phi) is 4.23. The first-order valence-corrected chi connectivity index (χ1v) is 6.71. The predicted octanol–water partition coefficient (Wildman–Crippen LogP) is 1.71. The van der Waals surface area contributed by atoms with E-state index in [0.717, 1.165) is 19.2 Å². The fraction of sp³-hybridized carbons (Fsp3) is 0.500. The molecule has 1 aliphatic heterocycles. The van der Waals surface area contributed by atoms with Crippen LogP contribution in [0.15, 0.2) is 12.1 Å². The molecule has 1 aromatic carbocycles. The maximum Gasteiger partial charge on any atom is 0.257 e. The Balaban J connectivity index is 2.18. The molecule has 110 valence electrons. The Morgan fingerprint density at radius 3 is 2.65 bits per heavy atom. The third-order valence-electron chi connectivity index (χ3n) is 3.78. The van der Waals surface area contributed by atoms with Crippen LogP contribution in [-0.2, 0) is 0 Å². The molecule has 0 spiro atoms. The molecule has 6 heteroatoms. The summed E-state index contributed by atoms with van der Waals surface area (Å²) in [6.07, 6.45) is 0. The molecule has 1 atom stereocenters. The van der Waals surface area contributed by atoms with Gasteiger partial charge in [0.05, 0.1) is 11.3 Å². The number of carbonyl (C=O) groups is 1. The Morgan fingerprint density at radius 2 is 2.05 bits per heavy atom. The van der Waals surface area contributed by atoms with Gasteiger partial charge in [-0.3, -0.25) is 9.69 Å². The average molecular weight is 283 g/mol. The van der Waals surface area contributed by atoms with Crippen LogP contribution in [0.2, 0.25) is 0 Å². The van der Waals surface area contributed by atoms with Crippen LogP contribution in [0.4, 0.5) is 14.5 Å². The smallest absolute Gasteiger partial charge is 0.257 e. The van der Waals surface area contributed by atoms with E-state index in [1.807, 2.05) is 6.92 Å². The zero-order chi connectivity index (χ0) is 14.9. The highest BCUT2D eigenvalue weighted by Crippen LogP contribution is 2.20. The van der Waals surface area contributed by atoms with Crippen molar-refractivity contribution in [3.05, 3.63) is 29.3 Å². The molecule has 0 radical (unpaired) electrons. The highest BCUT2D eigenvalue weighted by molar-refractivity contribution is 5.95. The van der Waals surface area contributed by atoms with E-state index in [4.69, 9.17) is 5.73 Å². The first-order chi connectivity index (χ1) is 9.43. The molecule has 1 fully saturated rings. The number of anilines is 1. The highest BCUT2D eigenvalue weighted by Gasteiger charge is 2.28. The van der Waals surface area contributed by atoms with E-state index in [9.17, 15) is 13.6 Å². The maximum absolute atomic E-state index is 13.7. The van der Waals surface area contributed by atoms with E-state index in [1.54, 1.807) is 4.90 Å². The van der Waals surface area contributed by atoms with Gasteiger partial charge in [-0.15, -0.1) is 0 Å². The molecule has 2 rings (SSSR count). The summed E-state index contributed by atoms with van der Waals surface area (Å²) in [4.78, 5) is 16.2. The fourth-order valence-corrected chi connectivity index (χ4v) is 2.55. The van der Waals surface area contributed by atoms with Gasteiger partial charge < -0.3 is 10.6 Å². The molecule has 2 N–H and O–H groups in total. The fourth-order valence-electron chi connectivity index (χ4n) is 2.55. The minimum absolute atomic E-state index is 0.166. The summed E-state index contributed by atoms with van der Waals surface area (Å²) in [5.41, 5.74) is 5.03. The van der Waals surface area contributed by atoms with Crippen LogP contribution in [-0.4, -0.2) is 47.9 Å². The molecule has 0 aromatic heterocycles. The van der Waals surface area contributed by atoms with Crippen molar-refractivity contribution in [3.8, 4) is 0 Å². The lowest BCUT2D eigenvalue weighted by atomic mass is 10.1. The van der Waals surface area contributed by atoms with Crippen molar-refractivity contribution in [3.63, 3.8) is 0 Å². The lowest BCUT2D eigenvalue weighted by Crippen LogP contribution is -2.53. The van der Waals surface area contributed by atoms with Crippen molar-refractivity contribution in [1.29, 1.82) is 0 Å². The molecule has 4 nitrogen and oxygen atoms in total. The normalized spacial score (nSPS) is 20.2. The quantitative estimate of drug-likeness (QED) is 0.841. The largest absolute Gasteiger partial charge is 0.396 e. The van der Waals surface area contributed by atoms with Crippen LogP contribution in [0.3, 0.4) is 0 Å². The number of nitrogens with two attached hydrogens (primary N) is 1. The van der Waals surface area contributed by atoms with Crippen LogP contribution in [0.25, 0.3) is 0 Å². The number of halogens is 2. The number of amides is 1. The number of piperazine rings is 1. The molecule has 0 bridgehead atoms. The molecule has 20 heavy (non-hydrogen) atoms. The van der Waals surface area contributed by atoms with Crippen LogP contribution in [0, 0.1) is 11.6 Å². The second-order valence-corrected chi connectivity index (χ2v) is 5.08. The lowest BCUT2D eigenvalue weighted by molar-refractivity contribution is 0.0524. The first-order valence-electron chi connectivity index (χ1n) is 6.71. The second-order valence-electron chi connectivity index (χ2n) is 5.08. The summed E-state index contributed by atoms with van der Waals surface area (Å²) in [6.45, 7) is 6.83. The van der Waals surface area contributed by atoms with E-state index in [-0.39, 0.29) is 17.3 Å². The summed E-state index contributed by atoms with van der Waals surface area (Å²) in [5.74, 6) is -2.15. The number of hydrogen-bond donors (Lipinski definition) is 1. The van der Waals surface area contributed by atoms with Gasteiger partial charge in [0.25, 0.3) is 5.91 Å². The van der Waals surface area contributed by atoms with Gasteiger partial charge in [-0.2, -0.15) is 0 Å². The van der Waals surface area contributed by atoms with Gasteiger partial charge in [0.2, 0.25) is 0 Å². The molecule has 1 amide bonds. The van der Waals surface area contributed by atoms with Crippen molar-refractivity contribution < 1.29 is 13.6 Å². The topological polar surface area (TPSA) is 49.6 Å². The van der Waals surface area contributed by atoms with E-state index >= 15 is 0 Å². The Labute approximate surface area is 117 Å². The Hall–Kier alpha value is -1.69. The number of benzene rings is 1. The zero-order valence-electron chi connectivity index (χ0n) is 11.7. The zero-order valence-corrected chi connectivity index (χ0v) is 11.7. The summed E-state index contributed by atoms with van der Waals surface area (Å²) in [6, 6.07) is 1.96. The number of rotatable bonds is 2. The maximum atomic E-state index is 13.7. The number of nitrogens with zero attached hydrogens (tertiary/aromatic N) is 2. The minimum Gasteiger partial charge on any atom is -0.396 e. The van der Waals surface area contributed by atoms with Crippen molar-refractivity contribution >= 4 is 11.6 Å². The van der Waals surface area contributed by atoms with Crippen molar-refractivity contribution in [1.82, 2.24) is 9.80 Å². The standard InChI is InChI=1S/C14H19F2N3O/c1-3-18-4-5-19(8-9(18)2)14(20)10-6-13(17)12(16)7-11(10)15/h6-7,9H,3-5,8,17H2,1-2H3. The SMILES string of the molecule is CCN1CCN(C(=O)c2cc(N)c(F)cc2F)CC1C. The van der Waals surface area contributed by atoms with Crippen molar-refractivity contribution in [2.75, 3.05) is 31.9 Å². The van der Waals surface area contributed by atoms with Gasteiger partial charge >= 0.3 is 0 Å². The number of nitrogen functional groups attached to an aromatic ring is 1. The molecule has 0 saturated carbocycles. The lowest BCUT2D eigenvalue weighted by Gasteiger charge is -2.39. The van der Waals surface area contributed by atoms with Gasteiger partial charge in [-0.1, -0.05) is 6.92 Å². The molecule has 1 unspecified atom stereocenters.